The molecule has 0 fully saturated rings. The molecule has 1 aliphatic rings. The second kappa shape index (κ2) is 8.14. The first-order chi connectivity index (χ1) is 13.3. The normalized spacial score (nSPS) is 12.5. The van der Waals surface area contributed by atoms with Crippen molar-refractivity contribution in [3.05, 3.63) is 65.3 Å². The zero-order valence-electron chi connectivity index (χ0n) is 14.6. The second-order valence-corrected chi connectivity index (χ2v) is 6.49. The molecule has 138 valence electrons. The lowest BCUT2D eigenvalue weighted by Gasteiger charge is -2.19. The number of ether oxygens (including phenoxy) is 2. The van der Waals surface area contributed by atoms with E-state index in [-0.39, 0.29) is 0 Å². The minimum absolute atomic E-state index is 0.513. The number of nitrogens with one attached hydrogen (secondary N) is 2. The number of anilines is 3. The van der Waals surface area contributed by atoms with E-state index in [9.17, 15) is 0 Å². The molecule has 0 spiro atoms. The summed E-state index contributed by atoms with van der Waals surface area (Å²) < 4.78 is 11.1. The fourth-order valence-corrected chi connectivity index (χ4v) is 3.01. The van der Waals surface area contributed by atoms with Gasteiger partial charge >= 0.3 is 0 Å². The van der Waals surface area contributed by atoms with Gasteiger partial charge in [-0.1, -0.05) is 23.7 Å². The van der Waals surface area contributed by atoms with E-state index in [4.69, 9.17) is 21.1 Å². The molecule has 0 saturated heterocycles. The molecule has 2 heterocycles. The number of benzene rings is 2. The van der Waals surface area contributed by atoms with E-state index in [1.54, 1.807) is 6.20 Å². The van der Waals surface area contributed by atoms with Crippen molar-refractivity contribution < 1.29 is 9.47 Å². The topological polar surface area (TPSA) is 68.3 Å². The van der Waals surface area contributed by atoms with Gasteiger partial charge in [-0.15, -0.1) is 0 Å². The van der Waals surface area contributed by atoms with Crippen LogP contribution in [0.2, 0.25) is 5.02 Å². The Morgan fingerprint density at radius 2 is 1.89 bits per heavy atom. The molecule has 6 nitrogen and oxygen atoms in total. The van der Waals surface area contributed by atoms with Gasteiger partial charge < -0.3 is 20.1 Å². The molecule has 0 amide bonds. The number of hydrogen-bond acceptors (Lipinski definition) is 6. The summed E-state index contributed by atoms with van der Waals surface area (Å²) >= 11 is 6.02. The lowest BCUT2D eigenvalue weighted by atomic mass is 10.1. The van der Waals surface area contributed by atoms with Crippen LogP contribution in [0.1, 0.15) is 5.56 Å². The highest BCUT2D eigenvalue weighted by molar-refractivity contribution is 6.30. The Kier molecular flexibility index (Phi) is 5.25. The highest BCUT2D eigenvalue weighted by Crippen LogP contribution is 2.33. The van der Waals surface area contributed by atoms with E-state index in [1.807, 2.05) is 42.5 Å². The summed E-state index contributed by atoms with van der Waals surface area (Å²) in [7, 11) is 0. The van der Waals surface area contributed by atoms with E-state index in [0.29, 0.717) is 19.2 Å². The first kappa shape index (κ1) is 17.4. The van der Waals surface area contributed by atoms with Gasteiger partial charge in [0.25, 0.3) is 0 Å². The van der Waals surface area contributed by atoms with Gasteiger partial charge in [0, 0.05) is 29.5 Å². The Morgan fingerprint density at radius 1 is 1.00 bits per heavy atom. The van der Waals surface area contributed by atoms with Crippen molar-refractivity contribution in [2.45, 2.75) is 6.42 Å². The van der Waals surface area contributed by atoms with Gasteiger partial charge in [0.1, 0.15) is 19.0 Å². The average Bonchev–Trinajstić information content (AvgIpc) is 2.68. The molecular weight excluding hydrogens is 364 g/mol. The van der Waals surface area contributed by atoms with Crippen LogP contribution in [0.25, 0.3) is 0 Å². The van der Waals surface area contributed by atoms with E-state index in [2.05, 4.69) is 26.7 Å². The average molecular weight is 383 g/mol. The van der Waals surface area contributed by atoms with Gasteiger partial charge in [0.05, 0.1) is 0 Å². The molecule has 4 rings (SSSR count). The summed E-state index contributed by atoms with van der Waals surface area (Å²) in [5, 5.41) is 7.26. The predicted octanol–water partition coefficient (Wildman–Crippen LogP) is 4.30. The lowest BCUT2D eigenvalue weighted by molar-refractivity contribution is 0.171. The predicted molar refractivity (Wildman–Crippen MR) is 106 cm³/mol. The fourth-order valence-electron chi connectivity index (χ4n) is 2.79. The minimum Gasteiger partial charge on any atom is -0.486 e. The molecule has 1 aromatic heterocycles. The van der Waals surface area contributed by atoms with Crippen LogP contribution in [-0.2, 0) is 6.42 Å². The van der Waals surface area contributed by atoms with E-state index < -0.39 is 0 Å². The van der Waals surface area contributed by atoms with E-state index >= 15 is 0 Å². The number of halogens is 1. The maximum absolute atomic E-state index is 6.02. The van der Waals surface area contributed by atoms with Gasteiger partial charge in [-0.25, -0.2) is 4.98 Å². The number of rotatable bonds is 6. The number of hydrogen-bond donors (Lipinski definition) is 2. The van der Waals surface area contributed by atoms with Crippen LogP contribution in [0.5, 0.6) is 11.5 Å². The third kappa shape index (κ3) is 4.60. The first-order valence-electron chi connectivity index (χ1n) is 8.74. The molecule has 0 radical (unpaired) electrons. The highest BCUT2D eigenvalue weighted by Gasteiger charge is 2.12. The third-order valence-corrected chi connectivity index (χ3v) is 4.30. The molecule has 0 saturated carbocycles. The van der Waals surface area contributed by atoms with Crippen LogP contribution < -0.4 is 20.1 Å². The molecule has 7 heteroatoms. The van der Waals surface area contributed by atoms with Gasteiger partial charge in [-0.2, -0.15) is 4.98 Å². The van der Waals surface area contributed by atoms with Gasteiger partial charge in [0.2, 0.25) is 5.95 Å². The molecule has 0 atom stereocenters. The van der Waals surface area contributed by atoms with Crippen LogP contribution in [0, 0.1) is 0 Å². The van der Waals surface area contributed by atoms with Crippen LogP contribution in [0.15, 0.2) is 54.7 Å². The summed E-state index contributed by atoms with van der Waals surface area (Å²) in [6, 6.07) is 15.4. The quantitative estimate of drug-likeness (QED) is 0.662. The van der Waals surface area contributed by atoms with Crippen LogP contribution in [0.4, 0.5) is 17.5 Å². The summed E-state index contributed by atoms with van der Waals surface area (Å²) in [6.45, 7) is 1.88. The smallest absolute Gasteiger partial charge is 0.229 e. The van der Waals surface area contributed by atoms with Crippen LogP contribution in [-0.4, -0.2) is 29.7 Å². The van der Waals surface area contributed by atoms with Crippen molar-refractivity contribution in [1.82, 2.24) is 9.97 Å². The summed E-state index contributed by atoms with van der Waals surface area (Å²) in [5.74, 6) is 2.75. The van der Waals surface area contributed by atoms with Crippen LogP contribution >= 0.6 is 11.6 Å². The number of nitrogens with zero attached hydrogens (tertiary/aromatic N) is 2. The van der Waals surface area contributed by atoms with Gasteiger partial charge in [-0.05, 0) is 42.3 Å². The third-order valence-electron chi connectivity index (χ3n) is 4.06. The Bertz CT molecular complexity index is 935. The minimum atomic E-state index is 0.513. The fraction of sp³-hybridized carbons (Fsp3) is 0.200. The van der Waals surface area contributed by atoms with Crippen molar-refractivity contribution in [3.8, 4) is 11.5 Å². The van der Waals surface area contributed by atoms with Crippen molar-refractivity contribution in [2.24, 2.45) is 0 Å². The van der Waals surface area contributed by atoms with Crippen LogP contribution in [0.3, 0.4) is 0 Å². The SMILES string of the molecule is Clc1cccc(CCNc2ccnc(Nc3ccc4c(c3)OCCO4)n2)c1. The van der Waals surface area contributed by atoms with Crippen molar-refractivity contribution in [2.75, 3.05) is 30.4 Å². The summed E-state index contributed by atoms with van der Waals surface area (Å²) in [5.41, 5.74) is 2.02. The maximum Gasteiger partial charge on any atom is 0.229 e. The maximum atomic E-state index is 6.02. The zero-order chi connectivity index (χ0) is 18.5. The van der Waals surface area contributed by atoms with Crippen molar-refractivity contribution >= 4 is 29.1 Å². The summed E-state index contributed by atoms with van der Waals surface area (Å²) in [4.78, 5) is 8.77. The molecule has 3 aromatic rings. The first-order valence-corrected chi connectivity index (χ1v) is 9.12. The Labute approximate surface area is 162 Å². The van der Waals surface area contributed by atoms with Gasteiger partial charge in [-0.3, -0.25) is 0 Å². The molecule has 0 unspecified atom stereocenters. The van der Waals surface area contributed by atoms with Crippen molar-refractivity contribution in [3.63, 3.8) is 0 Å². The highest BCUT2D eigenvalue weighted by atomic mass is 35.5. The molecule has 0 bridgehead atoms. The molecule has 2 aromatic carbocycles. The van der Waals surface area contributed by atoms with Gasteiger partial charge in [0.15, 0.2) is 11.5 Å². The Balaban J connectivity index is 1.37. The van der Waals surface area contributed by atoms with E-state index in [0.717, 1.165) is 41.0 Å². The van der Waals surface area contributed by atoms with Crippen molar-refractivity contribution in [1.29, 1.82) is 0 Å². The Hall–Kier alpha value is -2.99. The summed E-state index contributed by atoms with van der Waals surface area (Å²) in [6.07, 6.45) is 2.57. The number of fused-ring (bicyclic) bond motifs is 1. The molecule has 1 aliphatic heterocycles. The molecular formula is C20H19ClN4O2. The second-order valence-electron chi connectivity index (χ2n) is 6.06. The monoisotopic (exact) mass is 382 g/mol. The molecule has 0 aliphatic carbocycles. The zero-order valence-corrected chi connectivity index (χ0v) is 15.4. The molecule has 2 N–H and O–H groups in total. The largest absolute Gasteiger partial charge is 0.486 e. The Morgan fingerprint density at radius 3 is 2.78 bits per heavy atom. The number of aromatic nitrogens is 2. The standard InChI is InChI=1S/C20H19ClN4O2/c21-15-3-1-2-14(12-15)6-8-22-19-7-9-23-20(25-19)24-16-4-5-17-18(13-16)27-11-10-26-17/h1-5,7,9,12-13H,6,8,10-11H2,(H2,22,23,24,25). The molecule has 27 heavy (non-hydrogen) atoms. The lowest BCUT2D eigenvalue weighted by Crippen LogP contribution is -2.15. The van der Waals surface area contributed by atoms with E-state index in [1.165, 1.54) is 5.56 Å².